The molecule has 0 saturated heterocycles. The number of rotatable bonds is 7. The highest BCUT2D eigenvalue weighted by molar-refractivity contribution is 5.79. The second kappa shape index (κ2) is 9.86. The van der Waals surface area contributed by atoms with E-state index in [9.17, 15) is 22.0 Å². The van der Waals surface area contributed by atoms with E-state index in [1.165, 1.54) is 12.3 Å². The summed E-state index contributed by atoms with van der Waals surface area (Å²) in [7, 11) is 0. The van der Waals surface area contributed by atoms with E-state index in [1.54, 1.807) is 6.07 Å². The van der Waals surface area contributed by atoms with Crippen LogP contribution >= 0.6 is 0 Å². The first kappa shape index (κ1) is 21.4. The standard InChI is InChI=1S/C18H19F5N4O/c1-2-24-17(27-10-13-8-14(19)3-4-15(13)20)26-9-12-5-6-25-16(7-12)28-11-18(21,22)23/h3-8H,2,9-11H2,1H3,(H2,24,26,27). The molecule has 0 bridgehead atoms. The quantitative estimate of drug-likeness (QED) is 0.423. The van der Waals surface area contributed by atoms with Gasteiger partial charge in [0.05, 0.1) is 6.54 Å². The molecule has 0 unspecified atom stereocenters. The Morgan fingerprint density at radius 2 is 1.93 bits per heavy atom. The predicted octanol–water partition coefficient (Wildman–Crippen LogP) is 3.56. The van der Waals surface area contributed by atoms with E-state index in [0.29, 0.717) is 18.1 Å². The topological polar surface area (TPSA) is 58.5 Å². The SMILES string of the molecule is CCNC(=NCc1ccnc(OCC(F)(F)F)c1)NCc1cc(F)ccc1F. The Kier molecular flexibility index (Phi) is 7.53. The molecule has 2 rings (SSSR count). The minimum absolute atomic E-state index is 0.00567. The van der Waals surface area contributed by atoms with Crippen LogP contribution in [0.4, 0.5) is 22.0 Å². The molecule has 152 valence electrons. The molecular formula is C18H19F5N4O. The summed E-state index contributed by atoms with van der Waals surface area (Å²) in [6.45, 7) is 1.04. The first-order chi connectivity index (χ1) is 13.3. The number of pyridine rings is 1. The molecule has 1 heterocycles. The zero-order chi connectivity index (χ0) is 20.6. The third kappa shape index (κ3) is 7.37. The molecule has 0 radical (unpaired) electrons. The van der Waals surface area contributed by atoms with Crippen LogP contribution < -0.4 is 15.4 Å². The Morgan fingerprint density at radius 3 is 2.64 bits per heavy atom. The number of alkyl halides is 3. The van der Waals surface area contributed by atoms with Gasteiger partial charge in [-0.25, -0.2) is 18.8 Å². The second-order valence-electron chi connectivity index (χ2n) is 5.69. The molecule has 0 aliphatic heterocycles. The molecule has 0 spiro atoms. The van der Waals surface area contributed by atoms with E-state index in [0.717, 1.165) is 18.2 Å². The van der Waals surface area contributed by atoms with Crippen molar-refractivity contribution < 1.29 is 26.7 Å². The molecule has 0 fully saturated rings. The minimum Gasteiger partial charge on any atom is -0.468 e. The number of aliphatic imine (C=N–C) groups is 1. The van der Waals surface area contributed by atoms with E-state index in [1.807, 2.05) is 6.92 Å². The van der Waals surface area contributed by atoms with Crippen LogP contribution in [-0.2, 0) is 13.1 Å². The summed E-state index contributed by atoms with van der Waals surface area (Å²) in [4.78, 5) is 7.99. The molecule has 28 heavy (non-hydrogen) atoms. The molecule has 0 aliphatic carbocycles. The van der Waals surface area contributed by atoms with Gasteiger partial charge in [0, 0.05) is 30.9 Å². The van der Waals surface area contributed by atoms with Gasteiger partial charge in [0.15, 0.2) is 12.6 Å². The fourth-order valence-corrected chi connectivity index (χ4v) is 2.15. The third-order valence-corrected chi connectivity index (χ3v) is 3.40. The van der Waals surface area contributed by atoms with Gasteiger partial charge in [-0.15, -0.1) is 0 Å². The molecule has 2 aromatic rings. The highest BCUT2D eigenvalue weighted by Crippen LogP contribution is 2.17. The van der Waals surface area contributed by atoms with Crippen molar-refractivity contribution in [3.63, 3.8) is 0 Å². The summed E-state index contributed by atoms with van der Waals surface area (Å²) in [5.41, 5.74) is 0.707. The lowest BCUT2D eigenvalue weighted by molar-refractivity contribution is -0.154. The molecule has 1 aromatic heterocycles. The van der Waals surface area contributed by atoms with Crippen molar-refractivity contribution in [2.75, 3.05) is 13.2 Å². The zero-order valence-corrected chi connectivity index (χ0v) is 15.0. The normalized spacial score (nSPS) is 12.0. The number of nitrogens with zero attached hydrogens (tertiary/aromatic N) is 2. The van der Waals surface area contributed by atoms with Crippen LogP contribution in [0.1, 0.15) is 18.1 Å². The average Bonchev–Trinajstić information content (AvgIpc) is 2.64. The summed E-state index contributed by atoms with van der Waals surface area (Å²) >= 11 is 0. The molecular weight excluding hydrogens is 383 g/mol. The molecule has 2 N–H and O–H groups in total. The second-order valence-corrected chi connectivity index (χ2v) is 5.69. The van der Waals surface area contributed by atoms with Crippen LogP contribution in [0.3, 0.4) is 0 Å². The van der Waals surface area contributed by atoms with Gasteiger partial charge in [-0.05, 0) is 36.8 Å². The summed E-state index contributed by atoms with van der Waals surface area (Å²) < 4.78 is 68.2. The Hall–Kier alpha value is -2.91. The van der Waals surface area contributed by atoms with Gasteiger partial charge < -0.3 is 15.4 Å². The predicted molar refractivity (Wildman–Crippen MR) is 93.8 cm³/mol. The van der Waals surface area contributed by atoms with Gasteiger partial charge in [0.25, 0.3) is 0 Å². The van der Waals surface area contributed by atoms with Crippen LogP contribution in [0.25, 0.3) is 0 Å². The summed E-state index contributed by atoms with van der Waals surface area (Å²) in [5, 5.41) is 5.82. The first-order valence-corrected chi connectivity index (χ1v) is 8.37. The van der Waals surface area contributed by atoms with Gasteiger partial charge >= 0.3 is 6.18 Å². The lowest BCUT2D eigenvalue weighted by atomic mass is 10.2. The van der Waals surface area contributed by atoms with Crippen molar-refractivity contribution in [1.29, 1.82) is 0 Å². The Bertz CT molecular complexity index is 811. The number of hydrogen-bond acceptors (Lipinski definition) is 3. The largest absolute Gasteiger partial charge is 0.468 e. The molecule has 1 aromatic carbocycles. The number of halogens is 5. The van der Waals surface area contributed by atoms with Crippen molar-refractivity contribution in [3.8, 4) is 5.88 Å². The van der Waals surface area contributed by atoms with E-state index >= 15 is 0 Å². The smallest absolute Gasteiger partial charge is 0.422 e. The van der Waals surface area contributed by atoms with Gasteiger partial charge in [-0.2, -0.15) is 13.2 Å². The lowest BCUT2D eigenvalue weighted by Gasteiger charge is -2.12. The summed E-state index contributed by atoms with van der Waals surface area (Å²) in [6, 6.07) is 6.08. The summed E-state index contributed by atoms with van der Waals surface area (Å²) in [6.07, 6.45) is -3.14. The maximum Gasteiger partial charge on any atom is 0.422 e. The highest BCUT2D eigenvalue weighted by atomic mass is 19.4. The molecule has 0 atom stereocenters. The van der Waals surface area contributed by atoms with Crippen LogP contribution in [0.2, 0.25) is 0 Å². The molecule has 0 aliphatic rings. The Morgan fingerprint density at radius 1 is 1.14 bits per heavy atom. The molecule has 10 heteroatoms. The van der Waals surface area contributed by atoms with Gasteiger partial charge in [-0.1, -0.05) is 0 Å². The average molecular weight is 402 g/mol. The third-order valence-electron chi connectivity index (χ3n) is 3.40. The Balaban J connectivity index is 2.01. The van der Waals surface area contributed by atoms with Gasteiger partial charge in [-0.3, -0.25) is 0 Å². The van der Waals surface area contributed by atoms with E-state index in [4.69, 9.17) is 0 Å². The van der Waals surface area contributed by atoms with Crippen molar-refractivity contribution in [2.45, 2.75) is 26.2 Å². The van der Waals surface area contributed by atoms with E-state index in [2.05, 4.69) is 25.3 Å². The Labute approximate surface area is 158 Å². The number of ether oxygens (including phenoxy) is 1. The lowest BCUT2D eigenvalue weighted by Crippen LogP contribution is -2.37. The fraction of sp³-hybridized carbons (Fsp3) is 0.333. The van der Waals surface area contributed by atoms with Crippen molar-refractivity contribution in [3.05, 3.63) is 59.3 Å². The number of nitrogens with one attached hydrogen (secondary N) is 2. The fourth-order valence-electron chi connectivity index (χ4n) is 2.15. The van der Waals surface area contributed by atoms with E-state index in [-0.39, 0.29) is 24.5 Å². The van der Waals surface area contributed by atoms with Crippen LogP contribution in [0.5, 0.6) is 5.88 Å². The summed E-state index contributed by atoms with van der Waals surface area (Å²) in [5.74, 6) is -0.931. The van der Waals surface area contributed by atoms with Gasteiger partial charge in [0.1, 0.15) is 11.6 Å². The van der Waals surface area contributed by atoms with Crippen LogP contribution in [-0.4, -0.2) is 30.3 Å². The molecule has 5 nitrogen and oxygen atoms in total. The van der Waals surface area contributed by atoms with Crippen molar-refractivity contribution in [1.82, 2.24) is 15.6 Å². The van der Waals surface area contributed by atoms with Crippen molar-refractivity contribution in [2.24, 2.45) is 4.99 Å². The number of guanidine groups is 1. The number of benzene rings is 1. The maximum absolute atomic E-state index is 13.7. The van der Waals surface area contributed by atoms with Gasteiger partial charge in [0.2, 0.25) is 5.88 Å². The number of hydrogen-bond donors (Lipinski definition) is 2. The van der Waals surface area contributed by atoms with Crippen molar-refractivity contribution >= 4 is 5.96 Å². The zero-order valence-electron chi connectivity index (χ0n) is 15.0. The van der Waals surface area contributed by atoms with Crippen LogP contribution in [0.15, 0.2) is 41.5 Å². The van der Waals surface area contributed by atoms with E-state index < -0.39 is 24.4 Å². The minimum atomic E-state index is -4.45. The highest BCUT2D eigenvalue weighted by Gasteiger charge is 2.28. The first-order valence-electron chi connectivity index (χ1n) is 8.37. The maximum atomic E-state index is 13.7. The molecule has 0 saturated carbocycles. The van der Waals surface area contributed by atoms with Crippen LogP contribution in [0, 0.1) is 11.6 Å². The number of aromatic nitrogens is 1. The molecule has 0 amide bonds. The monoisotopic (exact) mass is 402 g/mol.